The standard InChI is InChI=1S/C33H54O9/c1-8-9-18(3)28(37)21(6)24(41-32-31(40)30(39)29(38)25(16-35)42-32)15-23-19(4)14-22-13-17(2)12-20(5)27(22)33(23,7)26(36)10-11-34/h9,11,14,17,20-25,27-32,35,37-40H,8,10,12-13,15-16H2,1-7H3/b18-9+/t17-,20-,21+,22+,23+,24-,25+,27+,28-,29+,30-,31-,32+,33-/m0/s1. The minimum Gasteiger partial charge on any atom is -0.394 e. The van der Waals surface area contributed by atoms with Crippen LogP contribution in [0.3, 0.4) is 0 Å². The Morgan fingerprint density at radius 2 is 1.86 bits per heavy atom. The summed E-state index contributed by atoms with van der Waals surface area (Å²) in [6, 6.07) is 0. The van der Waals surface area contributed by atoms with Crippen LogP contribution in [0.2, 0.25) is 0 Å². The Morgan fingerprint density at radius 3 is 2.45 bits per heavy atom. The first kappa shape index (κ1) is 35.0. The van der Waals surface area contributed by atoms with E-state index in [0.29, 0.717) is 18.6 Å². The van der Waals surface area contributed by atoms with Crippen molar-refractivity contribution >= 4 is 12.1 Å². The van der Waals surface area contributed by atoms with Gasteiger partial charge in [-0.1, -0.05) is 52.3 Å². The highest BCUT2D eigenvalue weighted by atomic mass is 16.7. The third kappa shape index (κ3) is 6.93. The van der Waals surface area contributed by atoms with E-state index in [4.69, 9.17) is 9.47 Å². The van der Waals surface area contributed by atoms with Crippen LogP contribution in [0.25, 0.3) is 0 Å². The molecule has 0 amide bonds. The van der Waals surface area contributed by atoms with Gasteiger partial charge in [-0.3, -0.25) is 4.79 Å². The largest absolute Gasteiger partial charge is 0.394 e. The number of ketones is 1. The Balaban J connectivity index is 2.07. The van der Waals surface area contributed by atoms with Gasteiger partial charge in [0, 0.05) is 11.3 Å². The minimum absolute atomic E-state index is 0.0321. The maximum Gasteiger partial charge on any atom is 0.186 e. The van der Waals surface area contributed by atoms with Crippen LogP contribution >= 0.6 is 0 Å². The molecule has 0 aromatic heterocycles. The predicted octanol–water partition coefficient (Wildman–Crippen LogP) is 2.95. The average molecular weight is 595 g/mol. The van der Waals surface area contributed by atoms with Gasteiger partial charge in [-0.15, -0.1) is 0 Å². The van der Waals surface area contributed by atoms with Crippen LogP contribution in [-0.4, -0.2) is 87.1 Å². The van der Waals surface area contributed by atoms with Crippen LogP contribution in [0.5, 0.6) is 0 Å². The van der Waals surface area contributed by atoms with Crippen molar-refractivity contribution in [2.45, 2.75) is 123 Å². The third-order valence-electron chi connectivity index (χ3n) is 10.5. The first-order valence-corrected chi connectivity index (χ1v) is 15.7. The number of Topliss-reactive ketones (excluding diaryl/α,β-unsaturated/α-hetero) is 1. The minimum atomic E-state index is -1.61. The molecule has 3 rings (SSSR count). The number of hydrogen-bond acceptors (Lipinski definition) is 9. The lowest BCUT2D eigenvalue weighted by atomic mass is 9.48. The van der Waals surface area contributed by atoms with Crippen LogP contribution < -0.4 is 0 Å². The molecule has 9 nitrogen and oxygen atoms in total. The summed E-state index contributed by atoms with van der Waals surface area (Å²) >= 11 is 0. The van der Waals surface area contributed by atoms with E-state index < -0.39 is 60.9 Å². The van der Waals surface area contributed by atoms with Gasteiger partial charge in [0.1, 0.15) is 36.5 Å². The Kier molecular flexibility index (Phi) is 12.1. The Bertz CT molecular complexity index is 992. The number of aldehydes is 1. The number of fused-ring (bicyclic) bond motifs is 1. The van der Waals surface area contributed by atoms with Gasteiger partial charge in [0.15, 0.2) is 6.29 Å². The molecular formula is C33H54O9. The molecule has 2 fully saturated rings. The zero-order valence-corrected chi connectivity index (χ0v) is 26.3. The van der Waals surface area contributed by atoms with E-state index in [9.17, 15) is 35.1 Å². The zero-order chi connectivity index (χ0) is 31.5. The molecule has 1 saturated carbocycles. The molecule has 3 aliphatic rings. The molecule has 0 spiro atoms. The molecule has 14 atom stereocenters. The van der Waals surface area contributed by atoms with Gasteiger partial charge < -0.3 is 39.8 Å². The van der Waals surface area contributed by atoms with Crippen molar-refractivity contribution in [2.75, 3.05) is 6.61 Å². The highest BCUT2D eigenvalue weighted by Crippen LogP contribution is 2.58. The summed E-state index contributed by atoms with van der Waals surface area (Å²) in [5.41, 5.74) is 0.933. The van der Waals surface area contributed by atoms with Crippen LogP contribution in [-0.2, 0) is 19.1 Å². The number of ether oxygens (including phenoxy) is 2. The van der Waals surface area contributed by atoms with Gasteiger partial charge in [0.25, 0.3) is 0 Å². The SMILES string of the molecule is CC/C=C(\C)[C@H](O)[C@H](C)[C@H](C[C@@H]1C(C)=C[C@H]2C[C@@H](C)C[C@H](C)[C@H]2[C@]1(C)C(=O)CC=O)O[C@@H]1O[C@H](CO)[C@@H](O)[C@H](O)[C@@H]1O. The lowest BCUT2D eigenvalue weighted by Gasteiger charge is -2.55. The Morgan fingerprint density at radius 1 is 1.19 bits per heavy atom. The summed E-state index contributed by atoms with van der Waals surface area (Å²) in [6.07, 6.45) is -1.20. The molecule has 42 heavy (non-hydrogen) atoms. The fraction of sp³-hybridized carbons (Fsp3) is 0.818. The summed E-state index contributed by atoms with van der Waals surface area (Å²) in [7, 11) is 0. The van der Waals surface area contributed by atoms with Crippen molar-refractivity contribution in [1.82, 2.24) is 0 Å². The summed E-state index contributed by atoms with van der Waals surface area (Å²) < 4.78 is 12.1. The molecule has 5 N–H and O–H groups in total. The quantitative estimate of drug-likeness (QED) is 0.130. The molecule has 0 bridgehead atoms. The van der Waals surface area contributed by atoms with Gasteiger partial charge in [-0.05, 0) is 74.7 Å². The Hall–Kier alpha value is -1.46. The lowest BCUT2D eigenvalue weighted by Crippen LogP contribution is -2.60. The van der Waals surface area contributed by atoms with Crippen LogP contribution in [0.1, 0.15) is 80.6 Å². The van der Waals surface area contributed by atoms with Crippen molar-refractivity contribution in [1.29, 1.82) is 0 Å². The molecule has 0 aromatic rings. The first-order valence-electron chi connectivity index (χ1n) is 15.7. The lowest BCUT2D eigenvalue weighted by molar-refractivity contribution is -0.317. The highest BCUT2D eigenvalue weighted by molar-refractivity contribution is 5.94. The highest BCUT2D eigenvalue weighted by Gasteiger charge is 2.56. The number of carbonyl (C=O) groups excluding carboxylic acids is 2. The van der Waals surface area contributed by atoms with Gasteiger partial charge >= 0.3 is 0 Å². The first-order chi connectivity index (χ1) is 19.7. The van der Waals surface area contributed by atoms with Gasteiger partial charge in [0.2, 0.25) is 0 Å². The summed E-state index contributed by atoms with van der Waals surface area (Å²) in [6.45, 7) is 13.5. The van der Waals surface area contributed by atoms with Crippen LogP contribution in [0, 0.1) is 40.9 Å². The molecule has 1 aliphatic heterocycles. The normalized spacial score (nSPS) is 41.3. The molecule has 9 heteroatoms. The van der Waals surface area contributed by atoms with Gasteiger partial charge in [-0.2, -0.15) is 0 Å². The number of allylic oxidation sites excluding steroid dienone is 3. The molecule has 0 unspecified atom stereocenters. The second kappa shape index (κ2) is 14.5. The fourth-order valence-corrected chi connectivity index (χ4v) is 8.42. The van der Waals surface area contributed by atoms with Gasteiger partial charge in [-0.25, -0.2) is 0 Å². The van der Waals surface area contributed by atoms with E-state index in [1.165, 1.54) is 0 Å². The molecule has 1 heterocycles. The summed E-state index contributed by atoms with van der Waals surface area (Å²) in [5.74, 6) is 0.0925. The van der Waals surface area contributed by atoms with Gasteiger partial charge in [0.05, 0.1) is 25.2 Å². The predicted molar refractivity (Wildman–Crippen MR) is 158 cm³/mol. The molecular weight excluding hydrogens is 540 g/mol. The van der Waals surface area contributed by atoms with Crippen LogP contribution in [0.4, 0.5) is 0 Å². The van der Waals surface area contributed by atoms with Crippen molar-refractivity contribution in [3.63, 3.8) is 0 Å². The van der Waals surface area contributed by atoms with E-state index in [1.807, 2.05) is 40.7 Å². The number of carbonyl (C=O) groups is 2. The molecule has 0 aromatic carbocycles. The monoisotopic (exact) mass is 594 g/mol. The smallest absolute Gasteiger partial charge is 0.186 e. The topological polar surface area (TPSA) is 154 Å². The van der Waals surface area contributed by atoms with E-state index in [1.54, 1.807) is 0 Å². The zero-order valence-electron chi connectivity index (χ0n) is 26.3. The van der Waals surface area contributed by atoms with E-state index in [-0.39, 0.29) is 35.9 Å². The third-order valence-corrected chi connectivity index (χ3v) is 10.5. The molecule has 2 aliphatic carbocycles. The second-order valence-corrected chi connectivity index (χ2v) is 13.6. The average Bonchev–Trinajstić information content (AvgIpc) is 2.93. The van der Waals surface area contributed by atoms with E-state index in [0.717, 1.165) is 30.4 Å². The number of rotatable bonds is 12. The molecule has 240 valence electrons. The summed E-state index contributed by atoms with van der Waals surface area (Å²) in [5, 5.41) is 52.6. The van der Waals surface area contributed by atoms with Crippen molar-refractivity contribution in [3.8, 4) is 0 Å². The number of aliphatic hydroxyl groups excluding tert-OH is 5. The molecule has 1 saturated heterocycles. The van der Waals surface area contributed by atoms with E-state index in [2.05, 4.69) is 19.9 Å². The Labute approximate surface area is 251 Å². The second-order valence-electron chi connectivity index (χ2n) is 13.6. The molecule has 0 radical (unpaired) electrons. The fourth-order valence-electron chi connectivity index (χ4n) is 8.42. The number of aliphatic hydroxyl groups is 5. The number of hydrogen-bond donors (Lipinski definition) is 5. The van der Waals surface area contributed by atoms with Crippen molar-refractivity contribution in [3.05, 3.63) is 23.3 Å². The van der Waals surface area contributed by atoms with Crippen LogP contribution in [0.15, 0.2) is 23.3 Å². The summed E-state index contributed by atoms with van der Waals surface area (Å²) in [4.78, 5) is 25.6. The maximum absolute atomic E-state index is 13.9. The van der Waals surface area contributed by atoms with Crippen molar-refractivity contribution < 1.29 is 44.6 Å². The maximum atomic E-state index is 13.9. The van der Waals surface area contributed by atoms with E-state index >= 15 is 0 Å². The van der Waals surface area contributed by atoms with Crippen molar-refractivity contribution in [2.24, 2.45) is 40.9 Å².